The van der Waals surface area contributed by atoms with Crippen molar-refractivity contribution in [2.45, 2.75) is 19.8 Å². The van der Waals surface area contributed by atoms with E-state index in [1.807, 2.05) is 30.3 Å². The molecule has 1 atom stereocenters. The molecular weight excluding hydrogens is 160 g/mol. The molecule has 71 valence electrons. The van der Waals surface area contributed by atoms with Gasteiger partial charge in [0.05, 0.1) is 6.61 Å². The van der Waals surface area contributed by atoms with Gasteiger partial charge in [-0.1, -0.05) is 38.5 Å². The highest BCUT2D eigenvalue weighted by Gasteiger charge is 1.98. The summed E-state index contributed by atoms with van der Waals surface area (Å²) in [5, 5.41) is 0. The first-order valence-corrected chi connectivity index (χ1v) is 4.80. The van der Waals surface area contributed by atoms with Crippen LogP contribution in [0.15, 0.2) is 30.3 Å². The van der Waals surface area contributed by atoms with Crippen molar-refractivity contribution in [1.82, 2.24) is 0 Å². The number of benzene rings is 1. The predicted octanol–water partition coefficient (Wildman–Crippen LogP) is 3.32. The van der Waals surface area contributed by atoms with Crippen molar-refractivity contribution in [3.63, 3.8) is 0 Å². The summed E-state index contributed by atoms with van der Waals surface area (Å²) in [6.07, 6.45) is 2.07. The van der Waals surface area contributed by atoms with Crippen LogP contribution in [-0.2, 0) is 0 Å². The van der Waals surface area contributed by atoms with Crippen molar-refractivity contribution < 1.29 is 4.74 Å². The van der Waals surface area contributed by atoms with E-state index < -0.39 is 0 Å². The monoisotopic (exact) mass is 177 g/mol. The van der Waals surface area contributed by atoms with E-state index in [0.29, 0.717) is 5.92 Å². The predicted molar refractivity (Wildman–Crippen MR) is 55.7 cm³/mol. The molecule has 0 aliphatic rings. The van der Waals surface area contributed by atoms with E-state index >= 15 is 0 Å². The van der Waals surface area contributed by atoms with Crippen LogP contribution in [0.2, 0.25) is 0 Å². The van der Waals surface area contributed by atoms with Gasteiger partial charge in [0.2, 0.25) is 0 Å². The van der Waals surface area contributed by atoms with Crippen molar-refractivity contribution in [2.75, 3.05) is 6.61 Å². The van der Waals surface area contributed by atoms with Gasteiger partial charge >= 0.3 is 0 Å². The lowest BCUT2D eigenvalue weighted by Gasteiger charge is -2.09. The Balaban J connectivity index is 2.20. The number of hydrogen-bond acceptors (Lipinski definition) is 1. The molecule has 0 aliphatic heterocycles. The lowest BCUT2D eigenvalue weighted by Crippen LogP contribution is -2.02. The average Bonchev–Trinajstić information content (AvgIpc) is 2.19. The third kappa shape index (κ3) is 3.97. The minimum absolute atomic E-state index is 0.656. The Morgan fingerprint density at radius 3 is 2.62 bits per heavy atom. The van der Waals surface area contributed by atoms with Gasteiger partial charge in [0.25, 0.3) is 0 Å². The Morgan fingerprint density at radius 1 is 1.31 bits per heavy atom. The van der Waals surface area contributed by atoms with E-state index in [1.54, 1.807) is 0 Å². The summed E-state index contributed by atoms with van der Waals surface area (Å²) in [6, 6.07) is 9.93. The topological polar surface area (TPSA) is 9.23 Å². The van der Waals surface area contributed by atoms with Gasteiger partial charge in [0, 0.05) is 0 Å². The lowest BCUT2D eigenvalue weighted by molar-refractivity contribution is 0.284. The minimum atomic E-state index is 0.656. The fourth-order valence-corrected chi connectivity index (χ4v) is 1.04. The van der Waals surface area contributed by atoms with Gasteiger partial charge in [-0.15, -0.1) is 0 Å². The maximum Gasteiger partial charge on any atom is 0.119 e. The molecule has 1 rings (SSSR count). The molecule has 1 nitrogen and oxygen atoms in total. The molecule has 0 saturated heterocycles. The third-order valence-electron chi connectivity index (χ3n) is 2.12. The molecule has 0 amide bonds. The van der Waals surface area contributed by atoms with Crippen molar-refractivity contribution in [2.24, 2.45) is 5.92 Å². The van der Waals surface area contributed by atoms with E-state index in [4.69, 9.17) is 4.74 Å². The minimum Gasteiger partial charge on any atom is -0.494 e. The van der Waals surface area contributed by atoms with Crippen molar-refractivity contribution >= 4 is 0 Å². The molecule has 0 heterocycles. The Bertz CT molecular complexity index is 218. The summed E-state index contributed by atoms with van der Waals surface area (Å²) < 4.78 is 5.55. The van der Waals surface area contributed by atoms with Crippen LogP contribution in [0.1, 0.15) is 19.8 Å². The van der Waals surface area contributed by atoms with Gasteiger partial charge in [-0.25, -0.2) is 0 Å². The Labute approximate surface area is 80.7 Å². The summed E-state index contributed by atoms with van der Waals surface area (Å²) in [5.41, 5.74) is 0. The molecule has 0 aromatic heterocycles. The summed E-state index contributed by atoms with van der Waals surface area (Å²) in [4.78, 5) is 0. The van der Waals surface area contributed by atoms with E-state index in [0.717, 1.165) is 25.2 Å². The maximum atomic E-state index is 5.55. The lowest BCUT2D eigenvalue weighted by atomic mass is 10.1. The van der Waals surface area contributed by atoms with Crippen molar-refractivity contribution in [3.05, 3.63) is 37.3 Å². The Kier molecular flexibility index (Phi) is 4.37. The fourth-order valence-electron chi connectivity index (χ4n) is 1.04. The highest BCUT2D eigenvalue weighted by atomic mass is 16.5. The third-order valence-corrected chi connectivity index (χ3v) is 2.12. The number of para-hydroxylation sites is 1. The van der Waals surface area contributed by atoms with Gasteiger partial charge < -0.3 is 4.74 Å². The van der Waals surface area contributed by atoms with Crippen LogP contribution < -0.4 is 4.74 Å². The summed E-state index contributed by atoms with van der Waals surface area (Å²) in [6.45, 7) is 6.84. The van der Waals surface area contributed by atoms with Crippen LogP contribution >= 0.6 is 0 Å². The standard InChI is InChI=1S/C12H17O/c1-3-11(2)9-10-13-12-7-5-4-6-8-12/h4-8,11H,1,3,9-10H2,2H3. The molecule has 1 aromatic rings. The van der Waals surface area contributed by atoms with E-state index in [1.165, 1.54) is 0 Å². The summed E-state index contributed by atoms with van der Waals surface area (Å²) in [7, 11) is 0. The largest absolute Gasteiger partial charge is 0.494 e. The molecule has 1 heteroatoms. The normalized spacial score (nSPS) is 12.5. The molecule has 0 fully saturated rings. The van der Waals surface area contributed by atoms with Crippen LogP contribution in [0.5, 0.6) is 5.75 Å². The van der Waals surface area contributed by atoms with Crippen molar-refractivity contribution in [1.29, 1.82) is 0 Å². The zero-order valence-electron chi connectivity index (χ0n) is 8.20. The Hall–Kier alpha value is -0.980. The van der Waals surface area contributed by atoms with Gasteiger partial charge in [-0.05, 0) is 24.5 Å². The Morgan fingerprint density at radius 2 is 2.00 bits per heavy atom. The van der Waals surface area contributed by atoms with Crippen LogP contribution in [0.3, 0.4) is 0 Å². The van der Waals surface area contributed by atoms with Crippen molar-refractivity contribution in [3.8, 4) is 5.75 Å². The second-order valence-electron chi connectivity index (χ2n) is 3.34. The first kappa shape index (κ1) is 10.1. The molecule has 0 bridgehead atoms. The van der Waals surface area contributed by atoms with Crippen LogP contribution in [0.25, 0.3) is 0 Å². The van der Waals surface area contributed by atoms with Gasteiger partial charge in [0.15, 0.2) is 0 Å². The van der Waals surface area contributed by atoms with Crippen LogP contribution in [0, 0.1) is 12.8 Å². The highest BCUT2D eigenvalue weighted by molar-refractivity contribution is 5.20. The molecular formula is C12H17O. The first-order valence-electron chi connectivity index (χ1n) is 4.80. The highest BCUT2D eigenvalue weighted by Crippen LogP contribution is 2.11. The van der Waals surface area contributed by atoms with Gasteiger partial charge in [-0.2, -0.15) is 0 Å². The summed E-state index contributed by atoms with van der Waals surface area (Å²) in [5.74, 6) is 1.61. The van der Waals surface area contributed by atoms with E-state index in [2.05, 4.69) is 13.8 Å². The van der Waals surface area contributed by atoms with E-state index in [-0.39, 0.29) is 0 Å². The van der Waals surface area contributed by atoms with Crippen LogP contribution in [0.4, 0.5) is 0 Å². The molecule has 0 aliphatic carbocycles. The second kappa shape index (κ2) is 5.63. The molecule has 1 aromatic carbocycles. The second-order valence-corrected chi connectivity index (χ2v) is 3.34. The maximum absolute atomic E-state index is 5.55. The number of ether oxygens (including phenoxy) is 1. The molecule has 0 saturated carbocycles. The summed E-state index contributed by atoms with van der Waals surface area (Å²) >= 11 is 0. The number of rotatable bonds is 5. The molecule has 13 heavy (non-hydrogen) atoms. The SMILES string of the molecule is [CH2]CC(C)CCOc1ccccc1. The molecule has 1 unspecified atom stereocenters. The average molecular weight is 177 g/mol. The smallest absolute Gasteiger partial charge is 0.119 e. The van der Waals surface area contributed by atoms with E-state index in [9.17, 15) is 0 Å². The molecule has 1 radical (unpaired) electrons. The van der Waals surface area contributed by atoms with Gasteiger partial charge in [-0.3, -0.25) is 0 Å². The number of hydrogen-bond donors (Lipinski definition) is 0. The van der Waals surface area contributed by atoms with Crippen LogP contribution in [-0.4, -0.2) is 6.61 Å². The zero-order chi connectivity index (χ0) is 9.52. The fraction of sp³-hybridized carbons (Fsp3) is 0.417. The molecule has 0 spiro atoms. The zero-order valence-corrected chi connectivity index (χ0v) is 8.20. The van der Waals surface area contributed by atoms with Gasteiger partial charge in [0.1, 0.15) is 5.75 Å². The quantitative estimate of drug-likeness (QED) is 0.670. The first-order chi connectivity index (χ1) is 6.33. The molecule has 0 N–H and O–H groups in total.